The molecule has 0 aliphatic carbocycles. The molecular weight excluding hydrogens is 254 g/mol. The van der Waals surface area contributed by atoms with Crippen molar-refractivity contribution in [2.24, 2.45) is 0 Å². The van der Waals surface area contributed by atoms with Crippen LogP contribution in [0.3, 0.4) is 0 Å². The number of esters is 1. The first-order chi connectivity index (χ1) is 8.45. The van der Waals surface area contributed by atoms with E-state index in [1.807, 2.05) is 0 Å². The van der Waals surface area contributed by atoms with Gasteiger partial charge in [0.25, 0.3) is 0 Å². The second-order valence-corrected chi connectivity index (χ2v) is 4.89. The average molecular weight is 271 g/mol. The third-order valence-electron chi connectivity index (χ3n) is 2.28. The zero-order chi connectivity index (χ0) is 13.7. The van der Waals surface area contributed by atoms with Crippen molar-refractivity contribution in [2.75, 3.05) is 33.1 Å². The Morgan fingerprint density at radius 1 is 1.44 bits per heavy atom. The van der Waals surface area contributed by atoms with Crippen molar-refractivity contribution >= 4 is 28.3 Å². The van der Waals surface area contributed by atoms with E-state index in [-0.39, 0.29) is 11.9 Å². The SMILES string of the molecule is COC(=O)c1sc(NCCC(=O)N(C)C)nc1C. The number of anilines is 1. The second-order valence-electron chi connectivity index (χ2n) is 3.89. The number of hydrogen-bond acceptors (Lipinski definition) is 6. The Morgan fingerprint density at radius 2 is 2.11 bits per heavy atom. The largest absolute Gasteiger partial charge is 0.465 e. The van der Waals surface area contributed by atoms with Gasteiger partial charge in [0, 0.05) is 27.1 Å². The lowest BCUT2D eigenvalue weighted by Crippen LogP contribution is -2.23. The summed E-state index contributed by atoms with van der Waals surface area (Å²) >= 11 is 1.23. The predicted octanol–water partition coefficient (Wildman–Crippen LogP) is 1.13. The summed E-state index contributed by atoms with van der Waals surface area (Å²) in [5, 5.41) is 3.65. The minimum atomic E-state index is -0.387. The van der Waals surface area contributed by atoms with Gasteiger partial charge in [0.2, 0.25) is 5.91 Å². The lowest BCUT2D eigenvalue weighted by atomic mass is 10.4. The molecular formula is C11H17N3O3S. The highest BCUT2D eigenvalue weighted by molar-refractivity contribution is 7.17. The third-order valence-corrected chi connectivity index (χ3v) is 3.38. The Bertz CT molecular complexity index is 443. The minimum Gasteiger partial charge on any atom is -0.465 e. The number of thiazole rings is 1. The van der Waals surface area contributed by atoms with Gasteiger partial charge in [-0.25, -0.2) is 9.78 Å². The van der Waals surface area contributed by atoms with Crippen molar-refractivity contribution in [1.29, 1.82) is 0 Å². The molecule has 1 N–H and O–H groups in total. The van der Waals surface area contributed by atoms with Crippen molar-refractivity contribution in [2.45, 2.75) is 13.3 Å². The van der Waals surface area contributed by atoms with Gasteiger partial charge in [0.05, 0.1) is 12.8 Å². The summed E-state index contributed by atoms with van der Waals surface area (Å²) in [5.74, 6) is -0.341. The van der Waals surface area contributed by atoms with E-state index in [0.717, 1.165) is 0 Å². The normalized spacial score (nSPS) is 10.0. The first-order valence-electron chi connectivity index (χ1n) is 5.45. The van der Waals surface area contributed by atoms with Gasteiger partial charge in [-0.15, -0.1) is 0 Å². The number of nitrogens with one attached hydrogen (secondary N) is 1. The van der Waals surface area contributed by atoms with Crippen LogP contribution in [0.15, 0.2) is 0 Å². The summed E-state index contributed by atoms with van der Waals surface area (Å²) in [6.07, 6.45) is 0.388. The molecule has 7 heteroatoms. The van der Waals surface area contributed by atoms with Crippen LogP contribution >= 0.6 is 11.3 Å². The van der Waals surface area contributed by atoms with Crippen molar-refractivity contribution in [3.05, 3.63) is 10.6 Å². The lowest BCUT2D eigenvalue weighted by molar-refractivity contribution is -0.128. The Balaban J connectivity index is 2.54. The van der Waals surface area contributed by atoms with Gasteiger partial charge < -0.3 is 15.0 Å². The highest BCUT2D eigenvalue weighted by Crippen LogP contribution is 2.23. The summed E-state index contributed by atoms with van der Waals surface area (Å²) in [6, 6.07) is 0. The molecule has 1 amide bonds. The van der Waals surface area contributed by atoms with Gasteiger partial charge in [-0.1, -0.05) is 11.3 Å². The molecule has 0 aromatic carbocycles. The fourth-order valence-corrected chi connectivity index (χ4v) is 2.16. The minimum absolute atomic E-state index is 0.0453. The van der Waals surface area contributed by atoms with Crippen LogP contribution in [0.5, 0.6) is 0 Å². The summed E-state index contributed by atoms with van der Waals surface area (Å²) in [5.41, 5.74) is 0.633. The maximum Gasteiger partial charge on any atom is 0.350 e. The van der Waals surface area contributed by atoms with Gasteiger partial charge in [0.1, 0.15) is 4.88 Å². The van der Waals surface area contributed by atoms with E-state index in [4.69, 9.17) is 0 Å². The molecule has 1 aromatic heterocycles. The monoisotopic (exact) mass is 271 g/mol. The van der Waals surface area contributed by atoms with Crippen LogP contribution in [0.4, 0.5) is 5.13 Å². The van der Waals surface area contributed by atoms with Crippen LogP contribution in [-0.4, -0.2) is 49.5 Å². The smallest absolute Gasteiger partial charge is 0.350 e. The number of ether oxygens (including phenoxy) is 1. The highest BCUT2D eigenvalue weighted by atomic mass is 32.1. The van der Waals surface area contributed by atoms with E-state index in [9.17, 15) is 9.59 Å². The standard InChI is InChI=1S/C11H17N3O3S/c1-7-9(10(16)17-4)18-11(13-7)12-6-5-8(15)14(2)3/h5-6H2,1-4H3,(H,12,13). The second kappa shape index (κ2) is 6.34. The van der Waals surface area contributed by atoms with E-state index in [1.54, 1.807) is 21.0 Å². The van der Waals surface area contributed by atoms with Gasteiger partial charge in [-0.2, -0.15) is 0 Å². The first-order valence-corrected chi connectivity index (χ1v) is 6.27. The molecule has 18 heavy (non-hydrogen) atoms. The predicted molar refractivity (Wildman–Crippen MR) is 70.0 cm³/mol. The lowest BCUT2D eigenvalue weighted by Gasteiger charge is -2.09. The molecule has 6 nitrogen and oxygen atoms in total. The molecule has 0 atom stereocenters. The molecule has 0 spiro atoms. The topological polar surface area (TPSA) is 71.5 Å². The van der Waals surface area contributed by atoms with Crippen LogP contribution < -0.4 is 5.32 Å². The Labute approximate surface area is 110 Å². The van der Waals surface area contributed by atoms with E-state index in [0.29, 0.717) is 28.7 Å². The summed E-state index contributed by atoms with van der Waals surface area (Å²) in [7, 11) is 4.76. The molecule has 0 radical (unpaired) electrons. The maximum atomic E-state index is 11.4. The van der Waals surface area contributed by atoms with Crippen LogP contribution in [0, 0.1) is 6.92 Å². The van der Waals surface area contributed by atoms with Gasteiger partial charge in [-0.05, 0) is 6.92 Å². The zero-order valence-electron chi connectivity index (χ0n) is 10.9. The molecule has 1 rings (SSSR count). The summed E-state index contributed by atoms with van der Waals surface area (Å²) in [6.45, 7) is 2.24. The number of aryl methyl sites for hydroxylation is 1. The van der Waals surface area contributed by atoms with Crippen molar-refractivity contribution < 1.29 is 14.3 Å². The Morgan fingerprint density at radius 3 is 2.67 bits per heavy atom. The fourth-order valence-electron chi connectivity index (χ4n) is 1.25. The average Bonchev–Trinajstić information content (AvgIpc) is 2.69. The Kier molecular flexibility index (Phi) is 5.08. The van der Waals surface area contributed by atoms with E-state index in [1.165, 1.54) is 23.3 Å². The molecule has 100 valence electrons. The molecule has 0 saturated carbocycles. The van der Waals surface area contributed by atoms with Gasteiger partial charge in [0.15, 0.2) is 5.13 Å². The molecule has 0 saturated heterocycles. The molecule has 0 bridgehead atoms. The number of nitrogens with zero attached hydrogens (tertiary/aromatic N) is 2. The number of aromatic nitrogens is 1. The molecule has 0 unspecified atom stereocenters. The number of hydrogen-bond donors (Lipinski definition) is 1. The van der Waals surface area contributed by atoms with Gasteiger partial charge in [-0.3, -0.25) is 4.79 Å². The van der Waals surface area contributed by atoms with Gasteiger partial charge >= 0.3 is 5.97 Å². The third kappa shape index (κ3) is 3.69. The molecule has 0 aliphatic heterocycles. The van der Waals surface area contributed by atoms with Crippen molar-refractivity contribution in [3.8, 4) is 0 Å². The molecule has 0 fully saturated rings. The molecule has 0 aliphatic rings. The number of rotatable bonds is 5. The maximum absolute atomic E-state index is 11.4. The summed E-state index contributed by atoms with van der Waals surface area (Å²) < 4.78 is 4.65. The first kappa shape index (κ1) is 14.4. The van der Waals surface area contributed by atoms with Crippen molar-refractivity contribution in [3.63, 3.8) is 0 Å². The van der Waals surface area contributed by atoms with Crippen LogP contribution in [0.25, 0.3) is 0 Å². The number of carbonyl (C=O) groups excluding carboxylic acids is 2. The van der Waals surface area contributed by atoms with Crippen LogP contribution in [0.1, 0.15) is 21.8 Å². The quantitative estimate of drug-likeness (QED) is 0.813. The van der Waals surface area contributed by atoms with E-state index >= 15 is 0 Å². The highest BCUT2D eigenvalue weighted by Gasteiger charge is 2.15. The van der Waals surface area contributed by atoms with E-state index < -0.39 is 0 Å². The number of amides is 1. The summed E-state index contributed by atoms with van der Waals surface area (Å²) in [4.78, 5) is 29.0. The molecule has 1 aromatic rings. The van der Waals surface area contributed by atoms with Crippen LogP contribution in [-0.2, 0) is 9.53 Å². The van der Waals surface area contributed by atoms with Crippen LogP contribution in [0.2, 0.25) is 0 Å². The number of methoxy groups -OCH3 is 1. The van der Waals surface area contributed by atoms with Crippen molar-refractivity contribution in [1.82, 2.24) is 9.88 Å². The molecule has 1 heterocycles. The number of carbonyl (C=O) groups is 2. The van der Waals surface area contributed by atoms with E-state index in [2.05, 4.69) is 15.0 Å². The fraction of sp³-hybridized carbons (Fsp3) is 0.545. The zero-order valence-corrected chi connectivity index (χ0v) is 11.8. The Hall–Kier alpha value is -1.63.